The number of carbonyl (C=O) groups excluding carboxylic acids is 1. The van der Waals surface area contributed by atoms with Gasteiger partial charge < -0.3 is 18.9 Å². The maximum Gasteiger partial charge on any atom is 0.439 e. The highest BCUT2D eigenvalue weighted by molar-refractivity contribution is 6.30. The van der Waals surface area contributed by atoms with E-state index in [4.69, 9.17) is 40.5 Å². The Labute approximate surface area is 234 Å². The number of aromatic amines is 1. The molecule has 0 bridgehead atoms. The predicted octanol–water partition coefficient (Wildman–Crippen LogP) is 3.69. The van der Waals surface area contributed by atoms with Crippen LogP contribution in [0.5, 0.6) is 0 Å². The van der Waals surface area contributed by atoms with Gasteiger partial charge in [0.2, 0.25) is 17.6 Å². The van der Waals surface area contributed by atoms with Crippen molar-refractivity contribution in [1.82, 2.24) is 29.7 Å². The molecule has 0 radical (unpaired) electrons. The van der Waals surface area contributed by atoms with Crippen LogP contribution in [0.4, 0.5) is 5.95 Å². The summed E-state index contributed by atoms with van der Waals surface area (Å²) in [6, 6.07) is 6.72. The minimum Gasteiger partial charge on any atom is -0.467 e. The van der Waals surface area contributed by atoms with E-state index in [2.05, 4.69) is 21.6 Å². The van der Waals surface area contributed by atoms with Crippen molar-refractivity contribution in [2.75, 3.05) is 31.8 Å². The van der Waals surface area contributed by atoms with Crippen molar-refractivity contribution in [2.45, 2.75) is 45.2 Å². The molecule has 13 heteroatoms. The van der Waals surface area contributed by atoms with E-state index < -0.39 is 17.8 Å². The first-order chi connectivity index (χ1) is 19.4. The summed E-state index contributed by atoms with van der Waals surface area (Å²) in [7, 11) is 1.37. The molecule has 40 heavy (non-hydrogen) atoms. The zero-order valence-corrected chi connectivity index (χ0v) is 23.1. The van der Waals surface area contributed by atoms with E-state index in [9.17, 15) is 9.59 Å². The Morgan fingerprint density at radius 2 is 2.02 bits per heavy atom. The van der Waals surface area contributed by atoms with Crippen molar-refractivity contribution < 1.29 is 18.8 Å². The van der Waals surface area contributed by atoms with Crippen LogP contribution in [0.2, 0.25) is 5.02 Å². The SMILES string of the molecule is COC(=O)[C@@H]1COCCN1c1nc2nc(-c3noc(=O)[nH]3)nc(-c3cccc(Cl)c3)c2n1C[C@H]1CC[C@H](C)CC1. The van der Waals surface area contributed by atoms with E-state index >= 15 is 0 Å². The molecule has 4 heterocycles. The third kappa shape index (κ3) is 5.08. The van der Waals surface area contributed by atoms with Gasteiger partial charge in [-0.25, -0.2) is 19.6 Å². The number of morpholine rings is 1. The van der Waals surface area contributed by atoms with Gasteiger partial charge in [0.15, 0.2) is 11.7 Å². The Kier molecular flexibility index (Phi) is 7.28. The normalized spacial score (nSPS) is 21.6. The van der Waals surface area contributed by atoms with Crippen molar-refractivity contribution in [3.05, 3.63) is 39.8 Å². The second kappa shape index (κ2) is 11.0. The Bertz CT molecular complexity index is 1590. The Morgan fingerprint density at radius 1 is 1.20 bits per heavy atom. The lowest BCUT2D eigenvalue weighted by atomic mass is 9.83. The summed E-state index contributed by atoms with van der Waals surface area (Å²) < 4.78 is 17.6. The second-order valence-corrected chi connectivity index (χ2v) is 10.9. The number of hydrogen-bond donors (Lipinski definition) is 1. The number of fused-ring (bicyclic) bond motifs is 1. The molecule has 1 aromatic carbocycles. The van der Waals surface area contributed by atoms with Crippen LogP contribution in [-0.2, 0) is 20.8 Å². The molecule has 0 unspecified atom stereocenters. The van der Waals surface area contributed by atoms with E-state index in [0.717, 1.165) is 31.2 Å². The van der Waals surface area contributed by atoms with E-state index in [1.807, 2.05) is 23.1 Å². The molecule has 1 aliphatic carbocycles. The topological polar surface area (TPSA) is 141 Å². The van der Waals surface area contributed by atoms with Crippen LogP contribution in [-0.4, -0.2) is 68.5 Å². The highest BCUT2D eigenvalue weighted by Crippen LogP contribution is 2.37. The lowest BCUT2D eigenvalue weighted by molar-refractivity contribution is -0.144. The number of benzene rings is 1. The zero-order chi connectivity index (χ0) is 27.8. The first-order valence-electron chi connectivity index (χ1n) is 13.4. The number of rotatable bonds is 6. The van der Waals surface area contributed by atoms with Crippen LogP contribution in [0.15, 0.2) is 33.6 Å². The molecular weight excluding hydrogens is 538 g/mol. The van der Waals surface area contributed by atoms with Crippen LogP contribution < -0.4 is 10.7 Å². The molecule has 1 N–H and O–H groups in total. The average Bonchev–Trinajstić information content (AvgIpc) is 3.57. The number of carbonyl (C=O) groups is 1. The number of nitrogens with one attached hydrogen (secondary N) is 1. The van der Waals surface area contributed by atoms with Crippen LogP contribution in [0.1, 0.15) is 32.6 Å². The number of halogens is 1. The number of ether oxygens (including phenoxy) is 2. The molecule has 6 rings (SSSR count). The van der Waals surface area contributed by atoms with Gasteiger partial charge in [-0.3, -0.25) is 9.51 Å². The number of anilines is 1. The lowest BCUT2D eigenvalue weighted by Crippen LogP contribution is -2.51. The van der Waals surface area contributed by atoms with Gasteiger partial charge in [0.1, 0.15) is 11.2 Å². The molecule has 3 aromatic heterocycles. The van der Waals surface area contributed by atoms with Crippen molar-refractivity contribution in [2.24, 2.45) is 11.8 Å². The lowest BCUT2D eigenvalue weighted by Gasteiger charge is -2.35. The molecule has 210 valence electrons. The monoisotopic (exact) mass is 567 g/mol. The molecule has 2 aliphatic rings. The smallest absolute Gasteiger partial charge is 0.439 e. The maximum atomic E-state index is 12.8. The molecule has 0 spiro atoms. The number of methoxy groups -OCH3 is 1. The number of nitrogens with zero attached hydrogens (tertiary/aromatic N) is 6. The number of H-pyrrole nitrogens is 1. The number of esters is 1. The first kappa shape index (κ1) is 26.5. The molecule has 2 fully saturated rings. The zero-order valence-electron chi connectivity index (χ0n) is 22.3. The quantitative estimate of drug-likeness (QED) is 0.343. The third-order valence-electron chi connectivity index (χ3n) is 7.77. The average molecular weight is 568 g/mol. The number of imidazole rings is 1. The fourth-order valence-electron chi connectivity index (χ4n) is 5.63. The van der Waals surface area contributed by atoms with Crippen molar-refractivity contribution in [3.63, 3.8) is 0 Å². The van der Waals surface area contributed by atoms with Gasteiger partial charge in [-0.15, -0.1) is 0 Å². The Balaban J connectivity index is 1.58. The number of aromatic nitrogens is 6. The molecule has 1 aliphatic heterocycles. The summed E-state index contributed by atoms with van der Waals surface area (Å²) in [6.45, 7) is 4.06. The summed E-state index contributed by atoms with van der Waals surface area (Å²) in [5, 5.41) is 4.34. The molecule has 1 saturated heterocycles. The summed E-state index contributed by atoms with van der Waals surface area (Å²) >= 11 is 6.40. The van der Waals surface area contributed by atoms with Gasteiger partial charge in [0, 0.05) is 23.7 Å². The van der Waals surface area contributed by atoms with E-state index in [1.54, 1.807) is 6.07 Å². The fourth-order valence-corrected chi connectivity index (χ4v) is 5.82. The first-order valence-corrected chi connectivity index (χ1v) is 13.8. The standard InChI is InChI=1S/C27H30ClN7O5/c1-15-6-8-16(9-7-15)13-35-21-20(17-4-3-5-18(28)12-17)29-23(24-32-27(37)40-33-24)30-22(21)31-26(35)34-10-11-39-14-19(34)25(36)38-2/h3-5,12,15-16,19H,6-11,13-14H2,1-2H3,(H,32,33,37)/t15-,16-,19-/m0/s1. The molecule has 1 atom stereocenters. The Hall–Kier alpha value is -3.77. The Morgan fingerprint density at radius 3 is 2.75 bits per heavy atom. The highest BCUT2D eigenvalue weighted by atomic mass is 35.5. The molecule has 0 amide bonds. The number of hydrogen-bond acceptors (Lipinski definition) is 10. The minimum atomic E-state index is -0.713. The van der Waals surface area contributed by atoms with Crippen molar-refractivity contribution >= 4 is 34.7 Å². The van der Waals surface area contributed by atoms with E-state index in [0.29, 0.717) is 59.4 Å². The van der Waals surface area contributed by atoms with Crippen LogP contribution >= 0.6 is 11.6 Å². The molecule has 12 nitrogen and oxygen atoms in total. The second-order valence-electron chi connectivity index (χ2n) is 10.5. The molecular formula is C27H30ClN7O5. The largest absolute Gasteiger partial charge is 0.467 e. The third-order valence-corrected chi connectivity index (χ3v) is 8.00. The summed E-state index contributed by atoms with van der Waals surface area (Å²) in [6.07, 6.45) is 4.51. The highest BCUT2D eigenvalue weighted by Gasteiger charge is 2.35. The van der Waals surface area contributed by atoms with E-state index in [-0.39, 0.29) is 18.3 Å². The molecule has 4 aromatic rings. The van der Waals surface area contributed by atoms with E-state index in [1.165, 1.54) is 7.11 Å². The van der Waals surface area contributed by atoms with Crippen molar-refractivity contribution in [3.8, 4) is 22.9 Å². The van der Waals surface area contributed by atoms with Crippen LogP contribution in [0, 0.1) is 11.8 Å². The van der Waals surface area contributed by atoms with Gasteiger partial charge in [-0.2, -0.15) is 4.98 Å². The van der Waals surface area contributed by atoms with Crippen LogP contribution in [0.25, 0.3) is 34.1 Å². The van der Waals surface area contributed by atoms with Gasteiger partial charge in [-0.1, -0.05) is 48.7 Å². The van der Waals surface area contributed by atoms with Gasteiger partial charge >= 0.3 is 11.7 Å². The predicted molar refractivity (Wildman–Crippen MR) is 147 cm³/mol. The summed E-state index contributed by atoms with van der Waals surface area (Å²) in [5.41, 5.74) is 2.44. The van der Waals surface area contributed by atoms with Crippen LogP contribution in [0.3, 0.4) is 0 Å². The summed E-state index contributed by atoms with van der Waals surface area (Å²) in [5.74, 6) is 0.853. The van der Waals surface area contributed by atoms with Gasteiger partial charge in [0.05, 0.1) is 20.3 Å². The maximum absolute atomic E-state index is 12.8. The molecule has 1 saturated carbocycles. The van der Waals surface area contributed by atoms with Crippen molar-refractivity contribution in [1.29, 1.82) is 0 Å². The minimum absolute atomic E-state index is 0.0892. The fraction of sp³-hybridized carbons (Fsp3) is 0.481. The summed E-state index contributed by atoms with van der Waals surface area (Å²) in [4.78, 5) is 43.5. The van der Waals surface area contributed by atoms with Gasteiger partial charge in [-0.05, 0) is 36.8 Å². The van der Waals surface area contributed by atoms with Gasteiger partial charge in [0.25, 0.3) is 0 Å².